The number of ketones is 1. The normalized spacial score (nSPS) is 10.8. The van der Waals surface area contributed by atoms with Crippen LogP contribution in [0, 0.1) is 5.82 Å². The maximum Gasteiger partial charge on any atom is 0.187 e. The number of carbonyl (C=O) groups excluding carboxylic acids is 1. The number of carbonyl (C=O) groups is 1. The van der Waals surface area contributed by atoms with Gasteiger partial charge in [-0.1, -0.05) is 29.8 Å². The van der Waals surface area contributed by atoms with Crippen molar-refractivity contribution in [1.29, 1.82) is 0 Å². The van der Waals surface area contributed by atoms with Crippen LogP contribution in [0.25, 0.3) is 11.0 Å². The standard InChI is InChI=1S/C16H10ClFN2O/c17-12-8-11(18)6-5-10(12)7-16(21)15-9-19-13-3-1-2-4-14(13)20-15/h1-6,8-9H,7H2. The second-order valence-corrected chi connectivity index (χ2v) is 4.99. The molecule has 0 aliphatic carbocycles. The van der Waals surface area contributed by atoms with Crippen molar-refractivity contribution in [3.05, 3.63) is 70.8 Å². The van der Waals surface area contributed by atoms with Gasteiger partial charge in [-0.2, -0.15) is 0 Å². The zero-order valence-electron chi connectivity index (χ0n) is 10.9. The lowest BCUT2D eigenvalue weighted by atomic mass is 10.1. The van der Waals surface area contributed by atoms with Crippen molar-refractivity contribution in [3.8, 4) is 0 Å². The molecule has 2 aromatic carbocycles. The number of Topliss-reactive ketones (excluding diaryl/α,β-unsaturated/α-hetero) is 1. The summed E-state index contributed by atoms with van der Waals surface area (Å²) in [6.45, 7) is 0. The van der Waals surface area contributed by atoms with Gasteiger partial charge in [-0.05, 0) is 29.8 Å². The third-order valence-corrected chi connectivity index (χ3v) is 3.45. The van der Waals surface area contributed by atoms with Crippen LogP contribution in [-0.4, -0.2) is 15.8 Å². The summed E-state index contributed by atoms with van der Waals surface area (Å²) in [5.41, 5.74) is 2.23. The highest BCUT2D eigenvalue weighted by Gasteiger charge is 2.12. The van der Waals surface area contributed by atoms with E-state index in [1.165, 1.54) is 24.4 Å². The van der Waals surface area contributed by atoms with E-state index in [1.807, 2.05) is 18.2 Å². The van der Waals surface area contributed by atoms with Crippen molar-refractivity contribution in [2.24, 2.45) is 0 Å². The number of hydrogen-bond acceptors (Lipinski definition) is 3. The van der Waals surface area contributed by atoms with E-state index < -0.39 is 5.82 Å². The first-order valence-electron chi connectivity index (χ1n) is 6.32. The second kappa shape index (κ2) is 5.58. The van der Waals surface area contributed by atoms with Gasteiger partial charge < -0.3 is 0 Å². The molecule has 0 aliphatic rings. The highest BCUT2D eigenvalue weighted by Crippen LogP contribution is 2.19. The Hall–Kier alpha value is -2.33. The summed E-state index contributed by atoms with van der Waals surface area (Å²) in [4.78, 5) is 20.7. The molecular formula is C16H10ClFN2O. The van der Waals surface area contributed by atoms with Crippen molar-refractivity contribution < 1.29 is 9.18 Å². The molecular weight excluding hydrogens is 291 g/mol. The van der Waals surface area contributed by atoms with Crippen molar-refractivity contribution in [3.63, 3.8) is 0 Å². The van der Waals surface area contributed by atoms with Crippen LogP contribution in [0.15, 0.2) is 48.7 Å². The lowest BCUT2D eigenvalue weighted by Crippen LogP contribution is -2.07. The Bertz CT molecular complexity index is 835. The Labute approximate surface area is 125 Å². The van der Waals surface area contributed by atoms with Crippen molar-refractivity contribution in [1.82, 2.24) is 9.97 Å². The SMILES string of the molecule is O=C(Cc1ccc(F)cc1Cl)c1cnc2ccccc2n1. The van der Waals surface area contributed by atoms with E-state index in [-0.39, 0.29) is 22.9 Å². The molecule has 0 fully saturated rings. The molecule has 0 unspecified atom stereocenters. The molecule has 0 aliphatic heterocycles. The van der Waals surface area contributed by atoms with E-state index in [0.717, 1.165) is 5.52 Å². The molecule has 0 saturated heterocycles. The van der Waals surface area contributed by atoms with Gasteiger partial charge in [0.2, 0.25) is 0 Å². The molecule has 3 aromatic rings. The summed E-state index contributed by atoms with van der Waals surface area (Å²) < 4.78 is 13.0. The summed E-state index contributed by atoms with van der Waals surface area (Å²) in [7, 11) is 0. The molecule has 1 heterocycles. The molecule has 0 spiro atoms. The van der Waals surface area contributed by atoms with Crippen LogP contribution < -0.4 is 0 Å². The van der Waals surface area contributed by atoms with Gasteiger partial charge in [0, 0.05) is 11.4 Å². The van der Waals surface area contributed by atoms with Crippen LogP contribution in [-0.2, 0) is 6.42 Å². The van der Waals surface area contributed by atoms with Crippen molar-refractivity contribution >= 4 is 28.4 Å². The molecule has 0 atom stereocenters. The number of nitrogens with zero attached hydrogens (tertiary/aromatic N) is 2. The van der Waals surface area contributed by atoms with E-state index in [1.54, 1.807) is 6.07 Å². The zero-order chi connectivity index (χ0) is 14.8. The third kappa shape index (κ3) is 2.90. The van der Waals surface area contributed by atoms with Gasteiger partial charge in [0.05, 0.1) is 17.2 Å². The van der Waals surface area contributed by atoms with E-state index in [2.05, 4.69) is 9.97 Å². The van der Waals surface area contributed by atoms with Crippen LogP contribution >= 0.6 is 11.6 Å². The molecule has 1 aromatic heterocycles. The van der Waals surface area contributed by atoms with Gasteiger partial charge >= 0.3 is 0 Å². The Balaban J connectivity index is 1.89. The number of benzene rings is 2. The molecule has 5 heteroatoms. The first kappa shape index (κ1) is 13.6. The average Bonchev–Trinajstić information content (AvgIpc) is 2.49. The Morgan fingerprint density at radius 3 is 2.67 bits per heavy atom. The van der Waals surface area contributed by atoms with Crippen LogP contribution in [0.3, 0.4) is 0 Å². The molecule has 3 nitrogen and oxygen atoms in total. The number of hydrogen-bond donors (Lipinski definition) is 0. The summed E-state index contributed by atoms with van der Waals surface area (Å²) in [5, 5.41) is 0.233. The van der Waals surface area contributed by atoms with Gasteiger partial charge in [-0.25, -0.2) is 9.37 Å². The Morgan fingerprint density at radius 2 is 1.90 bits per heavy atom. The molecule has 3 rings (SSSR count). The van der Waals surface area contributed by atoms with Crippen LogP contribution in [0.4, 0.5) is 4.39 Å². The number of halogens is 2. The highest BCUT2D eigenvalue weighted by atomic mass is 35.5. The molecule has 104 valence electrons. The average molecular weight is 301 g/mol. The van der Waals surface area contributed by atoms with Gasteiger partial charge in [-0.3, -0.25) is 9.78 Å². The van der Waals surface area contributed by atoms with Crippen molar-refractivity contribution in [2.75, 3.05) is 0 Å². The summed E-state index contributed by atoms with van der Waals surface area (Å²) in [5.74, 6) is -0.636. The van der Waals surface area contributed by atoms with E-state index in [0.29, 0.717) is 11.1 Å². The van der Waals surface area contributed by atoms with E-state index in [4.69, 9.17) is 11.6 Å². The second-order valence-electron chi connectivity index (χ2n) is 4.58. The van der Waals surface area contributed by atoms with Crippen LogP contribution in [0.5, 0.6) is 0 Å². The lowest BCUT2D eigenvalue weighted by molar-refractivity contribution is 0.0988. The zero-order valence-corrected chi connectivity index (χ0v) is 11.6. The van der Waals surface area contributed by atoms with E-state index in [9.17, 15) is 9.18 Å². The fourth-order valence-electron chi connectivity index (χ4n) is 2.02. The Morgan fingerprint density at radius 1 is 1.14 bits per heavy atom. The summed E-state index contributed by atoms with van der Waals surface area (Å²) in [6, 6.07) is 11.3. The Kier molecular flexibility index (Phi) is 3.62. The predicted molar refractivity (Wildman–Crippen MR) is 79.0 cm³/mol. The van der Waals surface area contributed by atoms with Crippen molar-refractivity contribution in [2.45, 2.75) is 6.42 Å². The van der Waals surface area contributed by atoms with Crippen LogP contribution in [0.2, 0.25) is 5.02 Å². The predicted octanol–water partition coefficient (Wildman–Crippen LogP) is 3.85. The first-order valence-corrected chi connectivity index (χ1v) is 6.70. The molecule has 0 amide bonds. The van der Waals surface area contributed by atoms with Gasteiger partial charge in [0.15, 0.2) is 5.78 Å². The molecule has 0 bridgehead atoms. The lowest BCUT2D eigenvalue weighted by Gasteiger charge is -2.04. The van der Waals surface area contributed by atoms with Gasteiger partial charge in [-0.15, -0.1) is 0 Å². The highest BCUT2D eigenvalue weighted by molar-refractivity contribution is 6.31. The van der Waals surface area contributed by atoms with Crippen LogP contribution in [0.1, 0.15) is 16.1 Å². The van der Waals surface area contributed by atoms with Gasteiger partial charge in [0.1, 0.15) is 11.5 Å². The minimum absolute atomic E-state index is 0.0616. The van der Waals surface area contributed by atoms with Gasteiger partial charge in [0.25, 0.3) is 0 Å². The van der Waals surface area contributed by atoms with E-state index >= 15 is 0 Å². The summed E-state index contributed by atoms with van der Waals surface area (Å²) in [6.07, 6.45) is 1.51. The first-order chi connectivity index (χ1) is 10.1. The topological polar surface area (TPSA) is 42.9 Å². The maximum atomic E-state index is 13.0. The maximum absolute atomic E-state index is 13.0. The minimum atomic E-state index is -0.429. The number of aromatic nitrogens is 2. The number of rotatable bonds is 3. The smallest absolute Gasteiger partial charge is 0.187 e. The largest absolute Gasteiger partial charge is 0.292 e. The number of para-hydroxylation sites is 2. The fourth-order valence-corrected chi connectivity index (χ4v) is 2.25. The minimum Gasteiger partial charge on any atom is -0.292 e. The molecule has 0 saturated carbocycles. The molecule has 0 N–H and O–H groups in total. The third-order valence-electron chi connectivity index (χ3n) is 3.10. The fraction of sp³-hybridized carbons (Fsp3) is 0.0625. The monoisotopic (exact) mass is 300 g/mol. The summed E-state index contributed by atoms with van der Waals surface area (Å²) >= 11 is 5.93. The number of fused-ring (bicyclic) bond motifs is 1. The quantitative estimate of drug-likeness (QED) is 0.690. The molecule has 0 radical (unpaired) electrons. The molecule has 21 heavy (non-hydrogen) atoms.